The molecule has 1 aromatic heterocycles. The average molecular weight is 577 g/mol. The van der Waals surface area contributed by atoms with Crippen LogP contribution in [0.4, 0.5) is 8.78 Å². The molecule has 0 aliphatic carbocycles. The van der Waals surface area contributed by atoms with Crippen LogP contribution in [0.3, 0.4) is 0 Å². The van der Waals surface area contributed by atoms with E-state index in [9.17, 15) is 18.4 Å². The van der Waals surface area contributed by atoms with Crippen molar-refractivity contribution in [3.8, 4) is 11.5 Å². The zero-order valence-corrected chi connectivity index (χ0v) is 23.3. The monoisotopic (exact) mass is 576 g/mol. The van der Waals surface area contributed by atoms with Crippen LogP contribution in [0.5, 0.6) is 11.5 Å². The van der Waals surface area contributed by atoms with Crippen molar-refractivity contribution < 1.29 is 27.8 Å². The topological polar surface area (TPSA) is 79.1 Å². The second-order valence-electron chi connectivity index (χ2n) is 9.11. The number of thiazole rings is 1. The normalized spacial score (nSPS) is 14.9. The van der Waals surface area contributed by atoms with Crippen LogP contribution < -0.4 is 24.4 Å². The molecule has 0 bridgehead atoms. The molecule has 210 valence electrons. The number of esters is 1. The summed E-state index contributed by atoms with van der Waals surface area (Å²) in [6, 6.07) is 16.3. The van der Waals surface area contributed by atoms with Crippen molar-refractivity contribution in [1.82, 2.24) is 4.57 Å². The molecule has 1 aliphatic heterocycles. The molecule has 2 heterocycles. The van der Waals surface area contributed by atoms with Crippen LogP contribution in [0.1, 0.15) is 36.6 Å². The van der Waals surface area contributed by atoms with Crippen molar-refractivity contribution in [1.29, 1.82) is 0 Å². The molecular formula is C31H26F2N2O5S. The molecule has 10 heteroatoms. The van der Waals surface area contributed by atoms with Crippen molar-refractivity contribution >= 4 is 23.4 Å². The van der Waals surface area contributed by atoms with E-state index in [4.69, 9.17) is 14.2 Å². The highest BCUT2D eigenvalue weighted by atomic mass is 32.1. The Hall–Kier alpha value is -4.57. The van der Waals surface area contributed by atoms with E-state index >= 15 is 0 Å². The molecule has 0 radical (unpaired) electrons. The summed E-state index contributed by atoms with van der Waals surface area (Å²) in [7, 11) is 1.49. The maximum atomic E-state index is 14.2. The van der Waals surface area contributed by atoms with Crippen LogP contribution >= 0.6 is 11.3 Å². The lowest BCUT2D eigenvalue weighted by Gasteiger charge is -2.24. The molecule has 0 unspecified atom stereocenters. The van der Waals surface area contributed by atoms with Crippen molar-refractivity contribution in [2.75, 3.05) is 13.7 Å². The molecule has 0 fully saturated rings. The van der Waals surface area contributed by atoms with Crippen molar-refractivity contribution in [2.45, 2.75) is 26.5 Å². The SMILES string of the molecule is CCOC(=O)C1=C(C)N=c2s/c(=C\c3cccc(OC)c3OCc3ccccc3F)c(=O)n2[C@H]1c1ccc(F)cc1. The molecule has 0 saturated heterocycles. The summed E-state index contributed by atoms with van der Waals surface area (Å²) in [5.74, 6) is -0.699. The summed E-state index contributed by atoms with van der Waals surface area (Å²) in [6.07, 6.45) is 1.65. The van der Waals surface area contributed by atoms with Gasteiger partial charge in [0.2, 0.25) is 0 Å². The lowest BCUT2D eigenvalue weighted by Crippen LogP contribution is -2.39. The number of hydrogen-bond acceptors (Lipinski definition) is 7. The number of hydrogen-bond donors (Lipinski definition) is 0. The first-order valence-electron chi connectivity index (χ1n) is 12.8. The molecule has 1 aliphatic rings. The van der Waals surface area contributed by atoms with Gasteiger partial charge in [0, 0.05) is 11.1 Å². The van der Waals surface area contributed by atoms with Gasteiger partial charge >= 0.3 is 5.97 Å². The minimum Gasteiger partial charge on any atom is -0.493 e. The lowest BCUT2D eigenvalue weighted by molar-refractivity contribution is -0.139. The highest BCUT2D eigenvalue weighted by Crippen LogP contribution is 2.33. The molecule has 4 aromatic rings. The summed E-state index contributed by atoms with van der Waals surface area (Å²) >= 11 is 1.14. The molecule has 41 heavy (non-hydrogen) atoms. The highest BCUT2D eigenvalue weighted by molar-refractivity contribution is 7.07. The van der Waals surface area contributed by atoms with Crippen LogP contribution in [0.15, 0.2) is 87.8 Å². The Bertz CT molecular complexity index is 1830. The van der Waals surface area contributed by atoms with Gasteiger partial charge in [0.1, 0.15) is 18.2 Å². The predicted molar refractivity (Wildman–Crippen MR) is 151 cm³/mol. The van der Waals surface area contributed by atoms with Crippen molar-refractivity contribution in [2.24, 2.45) is 4.99 Å². The number of methoxy groups -OCH3 is 1. The number of ether oxygens (including phenoxy) is 3. The first kappa shape index (κ1) is 28.0. The Kier molecular flexibility index (Phi) is 8.11. The van der Waals surface area contributed by atoms with Crippen LogP contribution in [-0.4, -0.2) is 24.3 Å². The smallest absolute Gasteiger partial charge is 0.338 e. The molecule has 0 spiro atoms. The zero-order valence-electron chi connectivity index (χ0n) is 22.5. The Balaban J connectivity index is 1.64. The Morgan fingerprint density at radius 2 is 1.83 bits per heavy atom. The molecule has 0 amide bonds. The molecule has 5 rings (SSSR count). The second kappa shape index (κ2) is 11.9. The summed E-state index contributed by atoms with van der Waals surface area (Å²) in [6.45, 7) is 3.45. The number of nitrogens with zero attached hydrogens (tertiary/aromatic N) is 2. The zero-order chi connectivity index (χ0) is 29.1. The second-order valence-corrected chi connectivity index (χ2v) is 10.1. The Morgan fingerprint density at radius 1 is 1.07 bits per heavy atom. The van der Waals surface area contributed by atoms with Gasteiger partial charge in [-0.25, -0.2) is 18.6 Å². The largest absolute Gasteiger partial charge is 0.493 e. The fraction of sp³-hybridized carbons (Fsp3) is 0.194. The number of rotatable bonds is 8. The lowest BCUT2D eigenvalue weighted by atomic mass is 9.96. The Labute approximate surface area is 238 Å². The van der Waals surface area contributed by atoms with E-state index in [1.54, 1.807) is 56.3 Å². The van der Waals surface area contributed by atoms with Gasteiger partial charge in [0.05, 0.1) is 35.6 Å². The van der Waals surface area contributed by atoms with E-state index < -0.39 is 29.2 Å². The first-order valence-corrected chi connectivity index (χ1v) is 13.6. The third-order valence-corrected chi connectivity index (χ3v) is 7.53. The van der Waals surface area contributed by atoms with Crippen LogP contribution in [0.25, 0.3) is 6.08 Å². The molecule has 3 aromatic carbocycles. The number of fused-ring (bicyclic) bond motifs is 1. The number of benzene rings is 3. The number of carbonyl (C=O) groups is 1. The summed E-state index contributed by atoms with van der Waals surface area (Å²) in [5.41, 5.74) is 1.64. The van der Waals surface area contributed by atoms with Crippen molar-refractivity contribution in [3.05, 3.63) is 126 Å². The molecule has 0 saturated carbocycles. The van der Waals surface area contributed by atoms with Gasteiger partial charge in [0.15, 0.2) is 16.3 Å². The van der Waals surface area contributed by atoms with Crippen LogP contribution in [0, 0.1) is 11.6 Å². The van der Waals surface area contributed by atoms with Gasteiger partial charge in [-0.2, -0.15) is 0 Å². The van der Waals surface area contributed by atoms with Crippen LogP contribution in [-0.2, 0) is 16.1 Å². The third-order valence-electron chi connectivity index (χ3n) is 6.55. The molecular weight excluding hydrogens is 550 g/mol. The summed E-state index contributed by atoms with van der Waals surface area (Å²) in [5, 5.41) is 0. The van der Waals surface area contributed by atoms with Gasteiger partial charge in [-0.3, -0.25) is 9.36 Å². The van der Waals surface area contributed by atoms with Gasteiger partial charge in [0.25, 0.3) is 5.56 Å². The predicted octanol–water partition coefficient (Wildman–Crippen LogP) is 4.66. The quantitative estimate of drug-likeness (QED) is 0.285. The first-order chi connectivity index (χ1) is 19.8. The van der Waals surface area contributed by atoms with Crippen LogP contribution in [0.2, 0.25) is 0 Å². The van der Waals surface area contributed by atoms with Gasteiger partial charge in [-0.05, 0) is 49.8 Å². The van der Waals surface area contributed by atoms with Crippen molar-refractivity contribution in [3.63, 3.8) is 0 Å². The van der Waals surface area contributed by atoms with E-state index in [1.165, 1.54) is 42.0 Å². The van der Waals surface area contributed by atoms with E-state index in [-0.39, 0.29) is 18.8 Å². The minimum atomic E-state index is -0.866. The molecule has 0 N–H and O–H groups in total. The summed E-state index contributed by atoms with van der Waals surface area (Å²) < 4.78 is 46.6. The molecule has 1 atom stereocenters. The number of carbonyl (C=O) groups excluding carboxylic acids is 1. The number of allylic oxidation sites excluding steroid dienone is 1. The highest BCUT2D eigenvalue weighted by Gasteiger charge is 2.33. The standard InChI is InChI=1S/C31H26F2N2O5S/c1-4-39-30(37)26-18(2)34-31-35(27(26)19-12-14-22(32)15-13-19)29(36)25(41-31)16-20-9-7-11-24(38-3)28(20)40-17-21-8-5-6-10-23(21)33/h5-16,27H,4,17H2,1-3H3/b25-16-/t27-/m0/s1. The van der Waals surface area contributed by atoms with Gasteiger partial charge < -0.3 is 14.2 Å². The maximum Gasteiger partial charge on any atom is 0.338 e. The average Bonchev–Trinajstić information content (AvgIpc) is 3.26. The third kappa shape index (κ3) is 5.55. The minimum absolute atomic E-state index is 0.0538. The fourth-order valence-corrected chi connectivity index (χ4v) is 5.66. The Morgan fingerprint density at radius 3 is 2.54 bits per heavy atom. The van der Waals surface area contributed by atoms with E-state index in [0.29, 0.717) is 43.2 Å². The molecule has 7 nitrogen and oxygen atoms in total. The van der Waals surface area contributed by atoms with Gasteiger partial charge in [-0.1, -0.05) is 53.8 Å². The fourth-order valence-electron chi connectivity index (χ4n) is 4.62. The van der Waals surface area contributed by atoms with Gasteiger partial charge in [-0.15, -0.1) is 0 Å². The maximum absolute atomic E-state index is 14.2. The summed E-state index contributed by atoms with van der Waals surface area (Å²) in [4.78, 5) is 31.8. The van der Waals surface area contributed by atoms with E-state index in [2.05, 4.69) is 4.99 Å². The number of para-hydroxylation sites is 1. The van der Waals surface area contributed by atoms with E-state index in [0.717, 1.165) is 11.3 Å². The number of aromatic nitrogens is 1. The number of halogens is 2. The van der Waals surface area contributed by atoms with E-state index in [1.807, 2.05) is 0 Å².